The van der Waals surface area contributed by atoms with Crippen molar-refractivity contribution in [3.05, 3.63) is 133 Å². The molecule has 0 aliphatic carbocycles. The first-order valence-electron chi connectivity index (χ1n) is 14.4. The Labute approximate surface area is 240 Å². The molecule has 0 amide bonds. The van der Waals surface area contributed by atoms with Gasteiger partial charge < -0.3 is 8.83 Å². The molecule has 2 heteroatoms. The molecule has 42 heavy (non-hydrogen) atoms. The second-order valence-electron chi connectivity index (χ2n) is 11.2. The van der Waals surface area contributed by atoms with Gasteiger partial charge in [-0.05, 0) is 67.7 Å². The van der Waals surface area contributed by atoms with Crippen LogP contribution < -0.4 is 0 Å². The van der Waals surface area contributed by atoms with Crippen LogP contribution in [0.5, 0.6) is 0 Å². The van der Waals surface area contributed by atoms with E-state index in [1.165, 1.54) is 32.3 Å². The van der Waals surface area contributed by atoms with E-state index in [2.05, 4.69) is 133 Å². The monoisotopic (exact) mass is 534 g/mol. The topological polar surface area (TPSA) is 26.3 Å². The fourth-order valence-corrected chi connectivity index (χ4v) is 7.33. The van der Waals surface area contributed by atoms with Gasteiger partial charge in [0.25, 0.3) is 0 Å². The summed E-state index contributed by atoms with van der Waals surface area (Å²) in [6, 6.07) is 47.2. The Hall–Kier alpha value is -5.60. The molecule has 0 saturated heterocycles. The molecule has 0 unspecified atom stereocenters. The Morgan fingerprint density at radius 2 is 0.667 bits per heavy atom. The molecule has 2 nitrogen and oxygen atoms in total. The van der Waals surface area contributed by atoms with Crippen LogP contribution >= 0.6 is 0 Å². The lowest BCUT2D eigenvalue weighted by molar-refractivity contribution is 0.648. The van der Waals surface area contributed by atoms with Gasteiger partial charge in [-0.2, -0.15) is 0 Å². The highest BCUT2D eigenvalue weighted by Gasteiger charge is 2.29. The number of rotatable bonds is 2. The van der Waals surface area contributed by atoms with Gasteiger partial charge in [0.15, 0.2) is 0 Å². The van der Waals surface area contributed by atoms with E-state index >= 15 is 0 Å². The summed E-state index contributed by atoms with van der Waals surface area (Å²) in [5.41, 5.74) is 10.3. The van der Waals surface area contributed by atoms with Crippen molar-refractivity contribution in [1.82, 2.24) is 0 Å². The molecule has 0 atom stereocenters. The van der Waals surface area contributed by atoms with Crippen LogP contribution in [-0.4, -0.2) is 0 Å². The Bertz CT molecular complexity index is 2420. The zero-order valence-electron chi connectivity index (χ0n) is 22.5. The Balaban J connectivity index is 1.50. The van der Waals surface area contributed by atoms with Gasteiger partial charge in [-0.15, -0.1) is 0 Å². The minimum Gasteiger partial charge on any atom is -0.455 e. The summed E-state index contributed by atoms with van der Waals surface area (Å²) in [5, 5.41) is 9.39. The number of fused-ring (bicyclic) bond motifs is 4. The molecule has 0 radical (unpaired) electrons. The number of benzene rings is 8. The lowest BCUT2D eigenvalue weighted by Crippen LogP contribution is -1.98. The molecule has 2 aliphatic rings. The first kappa shape index (κ1) is 22.1. The molecular formula is C40H22O2. The average molecular weight is 535 g/mol. The fourth-order valence-electron chi connectivity index (χ4n) is 7.33. The summed E-state index contributed by atoms with van der Waals surface area (Å²) in [5.74, 6) is 0. The van der Waals surface area contributed by atoms with E-state index < -0.39 is 0 Å². The summed E-state index contributed by atoms with van der Waals surface area (Å²) in [6.07, 6.45) is 0. The third-order valence-electron chi connectivity index (χ3n) is 9.01. The second kappa shape index (κ2) is 7.99. The summed E-state index contributed by atoms with van der Waals surface area (Å²) < 4.78 is 14.1. The molecule has 2 heterocycles. The Morgan fingerprint density at radius 1 is 0.286 bits per heavy atom. The van der Waals surface area contributed by atoms with Crippen LogP contribution in [0.3, 0.4) is 0 Å². The number of hydrogen-bond donors (Lipinski definition) is 0. The predicted octanol–water partition coefficient (Wildman–Crippen LogP) is 11.7. The van der Waals surface area contributed by atoms with E-state index in [0.29, 0.717) is 0 Å². The van der Waals surface area contributed by atoms with Gasteiger partial charge in [0.1, 0.15) is 22.3 Å². The van der Waals surface area contributed by atoms with Crippen LogP contribution in [0.1, 0.15) is 0 Å². The third-order valence-corrected chi connectivity index (χ3v) is 9.01. The highest BCUT2D eigenvalue weighted by Crippen LogP contribution is 2.54. The molecule has 0 aromatic heterocycles. The molecule has 2 aliphatic heterocycles. The van der Waals surface area contributed by atoms with Gasteiger partial charge in [0, 0.05) is 33.0 Å². The molecule has 10 rings (SSSR count). The fraction of sp³-hybridized carbons (Fsp3) is 0. The average Bonchev–Trinajstić information content (AvgIpc) is 3.06. The molecule has 0 N–H and O–H groups in total. The van der Waals surface area contributed by atoms with Gasteiger partial charge in [-0.3, -0.25) is 0 Å². The van der Waals surface area contributed by atoms with Crippen molar-refractivity contribution in [3.63, 3.8) is 0 Å². The van der Waals surface area contributed by atoms with Crippen molar-refractivity contribution in [2.75, 3.05) is 0 Å². The molecule has 194 valence electrons. The molecule has 0 bridgehead atoms. The van der Waals surface area contributed by atoms with Gasteiger partial charge in [0.2, 0.25) is 0 Å². The maximum Gasteiger partial charge on any atom is 0.144 e. The van der Waals surface area contributed by atoms with Gasteiger partial charge in [0.05, 0.1) is 0 Å². The largest absolute Gasteiger partial charge is 0.455 e. The Kier molecular flexibility index (Phi) is 4.21. The van der Waals surface area contributed by atoms with Crippen LogP contribution in [0, 0.1) is 0 Å². The second-order valence-corrected chi connectivity index (χ2v) is 11.2. The summed E-state index contributed by atoms with van der Waals surface area (Å²) in [6.45, 7) is 0. The minimum atomic E-state index is 0.870. The lowest BCUT2D eigenvalue weighted by Gasteiger charge is -2.24. The van der Waals surface area contributed by atoms with Crippen molar-refractivity contribution >= 4 is 65.4 Å². The Morgan fingerprint density at radius 3 is 1.10 bits per heavy atom. The van der Waals surface area contributed by atoms with E-state index in [4.69, 9.17) is 8.83 Å². The maximum atomic E-state index is 7.04. The van der Waals surface area contributed by atoms with E-state index in [1.54, 1.807) is 0 Å². The van der Waals surface area contributed by atoms with Gasteiger partial charge >= 0.3 is 0 Å². The molecule has 0 saturated carbocycles. The molecule has 8 aromatic carbocycles. The smallest absolute Gasteiger partial charge is 0.144 e. The lowest BCUT2D eigenvalue weighted by atomic mass is 9.83. The van der Waals surface area contributed by atoms with E-state index in [1.807, 2.05) is 0 Å². The first-order valence-corrected chi connectivity index (χ1v) is 14.4. The van der Waals surface area contributed by atoms with Crippen molar-refractivity contribution < 1.29 is 8.83 Å². The normalized spacial score (nSPS) is 12.3. The van der Waals surface area contributed by atoms with Crippen molar-refractivity contribution in [3.8, 4) is 33.4 Å². The highest BCUT2D eigenvalue weighted by molar-refractivity contribution is 6.34. The minimum absolute atomic E-state index is 0.870. The standard InChI is InChI=1S/C40H22O2/c1-3-11-23(12-4-1)33-27-17-9-7-15-25(27)29-19-22-32-37-35(29)39(33)41-31-21-20-30-26-16-8-10-18-28(26)34(24-13-5-2-6-14-24)40(42-32)36(30)38(31)37/h1-22H. The SMILES string of the molecule is c1ccc(-c2c3ccccc3c3ccc4oc5c(-c6ccccc6)c6ccccc6c6ccc7oc2c3c4-c7c56)cc1. The highest BCUT2D eigenvalue weighted by atomic mass is 16.3. The zero-order chi connectivity index (χ0) is 27.4. The van der Waals surface area contributed by atoms with E-state index in [-0.39, 0.29) is 0 Å². The molecule has 0 spiro atoms. The van der Waals surface area contributed by atoms with Crippen molar-refractivity contribution in [2.24, 2.45) is 0 Å². The summed E-state index contributed by atoms with van der Waals surface area (Å²) in [4.78, 5) is 0. The van der Waals surface area contributed by atoms with E-state index in [9.17, 15) is 0 Å². The quantitative estimate of drug-likeness (QED) is 0.163. The van der Waals surface area contributed by atoms with E-state index in [0.717, 1.165) is 66.5 Å². The summed E-state index contributed by atoms with van der Waals surface area (Å²) in [7, 11) is 0. The molecule has 8 aromatic rings. The molecule has 0 fully saturated rings. The van der Waals surface area contributed by atoms with Crippen LogP contribution in [0.4, 0.5) is 0 Å². The number of hydrogen-bond acceptors (Lipinski definition) is 2. The van der Waals surface area contributed by atoms with Crippen LogP contribution in [0.25, 0.3) is 98.8 Å². The van der Waals surface area contributed by atoms with Gasteiger partial charge in [-0.1, -0.05) is 109 Å². The maximum absolute atomic E-state index is 7.04. The molecular weight excluding hydrogens is 512 g/mol. The predicted molar refractivity (Wildman–Crippen MR) is 175 cm³/mol. The van der Waals surface area contributed by atoms with Crippen LogP contribution in [0.2, 0.25) is 0 Å². The van der Waals surface area contributed by atoms with Crippen molar-refractivity contribution in [1.29, 1.82) is 0 Å². The zero-order valence-corrected chi connectivity index (χ0v) is 22.5. The van der Waals surface area contributed by atoms with Crippen LogP contribution in [0.15, 0.2) is 142 Å². The third kappa shape index (κ3) is 2.74. The summed E-state index contributed by atoms with van der Waals surface area (Å²) >= 11 is 0. The first-order chi connectivity index (χ1) is 20.9. The van der Waals surface area contributed by atoms with Gasteiger partial charge in [-0.25, -0.2) is 0 Å². The van der Waals surface area contributed by atoms with Crippen LogP contribution in [-0.2, 0) is 0 Å². The van der Waals surface area contributed by atoms with Crippen molar-refractivity contribution in [2.45, 2.75) is 0 Å².